The SMILES string of the molecule is CCNC(COC)Cc1ccncc1[N+](=O)[O-]. The average Bonchev–Trinajstić information content (AvgIpc) is 2.30. The lowest BCUT2D eigenvalue weighted by Gasteiger charge is -2.16. The minimum Gasteiger partial charge on any atom is -0.383 e. The Labute approximate surface area is 100 Å². The van der Waals surface area contributed by atoms with Gasteiger partial charge in [-0.3, -0.25) is 15.1 Å². The summed E-state index contributed by atoms with van der Waals surface area (Å²) >= 11 is 0. The van der Waals surface area contributed by atoms with Crippen LogP contribution in [0.15, 0.2) is 18.5 Å². The van der Waals surface area contributed by atoms with Gasteiger partial charge in [-0.1, -0.05) is 6.92 Å². The maximum atomic E-state index is 10.8. The van der Waals surface area contributed by atoms with E-state index in [-0.39, 0.29) is 11.7 Å². The smallest absolute Gasteiger partial charge is 0.290 e. The molecule has 0 aliphatic rings. The van der Waals surface area contributed by atoms with E-state index in [9.17, 15) is 10.1 Å². The van der Waals surface area contributed by atoms with Crippen LogP contribution in [-0.4, -0.2) is 36.2 Å². The number of aromatic nitrogens is 1. The molecule has 0 aromatic carbocycles. The van der Waals surface area contributed by atoms with E-state index >= 15 is 0 Å². The third-order valence-corrected chi connectivity index (χ3v) is 2.41. The summed E-state index contributed by atoms with van der Waals surface area (Å²) in [4.78, 5) is 14.2. The van der Waals surface area contributed by atoms with Crippen LogP contribution in [0.4, 0.5) is 5.69 Å². The predicted octanol–water partition coefficient (Wildman–Crippen LogP) is 1.16. The number of nitrogens with one attached hydrogen (secondary N) is 1. The molecule has 6 heteroatoms. The van der Waals surface area contributed by atoms with E-state index in [1.54, 1.807) is 19.4 Å². The highest BCUT2D eigenvalue weighted by Crippen LogP contribution is 2.17. The molecule has 1 heterocycles. The zero-order valence-corrected chi connectivity index (χ0v) is 10.0. The second-order valence-corrected chi connectivity index (χ2v) is 3.68. The quantitative estimate of drug-likeness (QED) is 0.570. The molecule has 1 unspecified atom stereocenters. The lowest BCUT2D eigenvalue weighted by atomic mass is 10.1. The van der Waals surface area contributed by atoms with Gasteiger partial charge in [-0.05, 0) is 19.0 Å². The molecule has 1 rings (SSSR count). The summed E-state index contributed by atoms with van der Waals surface area (Å²) in [6.07, 6.45) is 3.41. The Balaban J connectivity index is 2.80. The molecule has 0 bridgehead atoms. The predicted molar refractivity (Wildman–Crippen MR) is 63.9 cm³/mol. The van der Waals surface area contributed by atoms with Gasteiger partial charge in [0.15, 0.2) is 0 Å². The molecule has 1 aromatic heterocycles. The van der Waals surface area contributed by atoms with Gasteiger partial charge >= 0.3 is 0 Å². The summed E-state index contributed by atoms with van der Waals surface area (Å²) in [7, 11) is 1.62. The summed E-state index contributed by atoms with van der Waals surface area (Å²) < 4.78 is 5.08. The molecule has 6 nitrogen and oxygen atoms in total. The van der Waals surface area contributed by atoms with Gasteiger partial charge in [-0.2, -0.15) is 0 Å². The molecule has 0 saturated heterocycles. The van der Waals surface area contributed by atoms with Crippen molar-refractivity contribution in [2.45, 2.75) is 19.4 Å². The number of methoxy groups -OCH3 is 1. The van der Waals surface area contributed by atoms with E-state index in [4.69, 9.17) is 4.74 Å². The average molecular weight is 239 g/mol. The number of hydrogen-bond donors (Lipinski definition) is 1. The third kappa shape index (κ3) is 4.08. The summed E-state index contributed by atoms with van der Waals surface area (Å²) in [5.41, 5.74) is 0.736. The zero-order valence-electron chi connectivity index (χ0n) is 10.0. The van der Waals surface area contributed by atoms with Crippen molar-refractivity contribution >= 4 is 5.69 Å². The molecule has 94 valence electrons. The number of rotatable bonds is 7. The fourth-order valence-corrected chi connectivity index (χ4v) is 1.70. The minimum atomic E-state index is -0.405. The summed E-state index contributed by atoms with van der Waals surface area (Å²) in [6, 6.07) is 1.75. The molecule has 0 aliphatic carbocycles. The first-order valence-electron chi connectivity index (χ1n) is 5.48. The van der Waals surface area contributed by atoms with Crippen molar-refractivity contribution in [3.8, 4) is 0 Å². The van der Waals surface area contributed by atoms with Crippen molar-refractivity contribution in [2.24, 2.45) is 0 Å². The van der Waals surface area contributed by atoms with E-state index in [0.717, 1.165) is 6.54 Å². The van der Waals surface area contributed by atoms with Crippen LogP contribution in [0.5, 0.6) is 0 Å². The van der Waals surface area contributed by atoms with Gasteiger partial charge in [0.1, 0.15) is 6.20 Å². The molecule has 1 N–H and O–H groups in total. The first kappa shape index (κ1) is 13.5. The normalized spacial score (nSPS) is 12.4. The van der Waals surface area contributed by atoms with Crippen molar-refractivity contribution < 1.29 is 9.66 Å². The molecule has 0 aliphatic heterocycles. The van der Waals surface area contributed by atoms with Crippen LogP contribution in [0.2, 0.25) is 0 Å². The Bertz CT molecular complexity index is 365. The molecule has 17 heavy (non-hydrogen) atoms. The highest BCUT2D eigenvalue weighted by Gasteiger charge is 2.17. The number of ether oxygens (including phenoxy) is 1. The van der Waals surface area contributed by atoms with E-state index in [0.29, 0.717) is 18.6 Å². The zero-order chi connectivity index (χ0) is 12.7. The van der Waals surface area contributed by atoms with Crippen LogP contribution < -0.4 is 5.32 Å². The summed E-state index contributed by atoms with van der Waals surface area (Å²) in [5, 5.41) is 14.1. The number of hydrogen-bond acceptors (Lipinski definition) is 5. The first-order valence-corrected chi connectivity index (χ1v) is 5.48. The largest absolute Gasteiger partial charge is 0.383 e. The maximum Gasteiger partial charge on any atom is 0.290 e. The van der Waals surface area contributed by atoms with Crippen LogP contribution in [0.25, 0.3) is 0 Å². The van der Waals surface area contributed by atoms with Crippen molar-refractivity contribution in [1.29, 1.82) is 0 Å². The standard InChI is InChI=1S/C11H17N3O3/c1-3-13-10(8-17-2)6-9-4-5-12-7-11(9)14(15)16/h4-5,7,10,13H,3,6,8H2,1-2H3. The van der Waals surface area contributed by atoms with Crippen molar-refractivity contribution in [3.63, 3.8) is 0 Å². The number of nitrogens with zero attached hydrogens (tertiary/aromatic N) is 2. The fraction of sp³-hybridized carbons (Fsp3) is 0.545. The number of pyridine rings is 1. The van der Waals surface area contributed by atoms with E-state index in [2.05, 4.69) is 10.3 Å². The van der Waals surface area contributed by atoms with Gasteiger partial charge in [0, 0.05) is 24.9 Å². The van der Waals surface area contributed by atoms with E-state index in [1.807, 2.05) is 6.92 Å². The number of nitro groups is 1. The highest BCUT2D eigenvalue weighted by molar-refractivity contribution is 5.37. The molecule has 0 fully saturated rings. The van der Waals surface area contributed by atoms with Crippen molar-refractivity contribution in [2.75, 3.05) is 20.3 Å². The number of likely N-dealkylation sites (N-methyl/N-ethyl adjacent to an activating group) is 1. The second-order valence-electron chi connectivity index (χ2n) is 3.68. The lowest BCUT2D eigenvalue weighted by Crippen LogP contribution is -2.35. The first-order chi connectivity index (χ1) is 8.19. The Morgan fingerprint density at radius 3 is 3.00 bits per heavy atom. The molecule has 0 amide bonds. The van der Waals surface area contributed by atoms with Crippen molar-refractivity contribution in [1.82, 2.24) is 10.3 Å². The fourth-order valence-electron chi connectivity index (χ4n) is 1.70. The molecule has 1 aromatic rings. The van der Waals surface area contributed by atoms with Gasteiger partial charge in [-0.25, -0.2) is 0 Å². The Kier molecular flexibility index (Phi) is 5.51. The highest BCUT2D eigenvalue weighted by atomic mass is 16.6. The monoisotopic (exact) mass is 239 g/mol. The molecule has 0 spiro atoms. The summed E-state index contributed by atoms with van der Waals surface area (Å²) in [6.45, 7) is 3.31. The maximum absolute atomic E-state index is 10.8. The second kappa shape index (κ2) is 6.93. The summed E-state index contributed by atoms with van der Waals surface area (Å²) in [5.74, 6) is 0. The van der Waals surface area contributed by atoms with Gasteiger partial charge < -0.3 is 10.1 Å². The lowest BCUT2D eigenvalue weighted by molar-refractivity contribution is -0.385. The topological polar surface area (TPSA) is 77.3 Å². The molecule has 0 radical (unpaired) electrons. The van der Waals surface area contributed by atoms with Gasteiger partial charge in [-0.15, -0.1) is 0 Å². The van der Waals surface area contributed by atoms with Crippen molar-refractivity contribution in [3.05, 3.63) is 34.1 Å². The minimum absolute atomic E-state index is 0.0616. The van der Waals surface area contributed by atoms with Gasteiger partial charge in [0.25, 0.3) is 5.69 Å². The van der Waals surface area contributed by atoms with Crippen LogP contribution in [0.1, 0.15) is 12.5 Å². The molecule has 1 atom stereocenters. The van der Waals surface area contributed by atoms with E-state index < -0.39 is 4.92 Å². The molecular weight excluding hydrogens is 222 g/mol. The van der Waals surface area contributed by atoms with Gasteiger partial charge in [0.05, 0.1) is 11.5 Å². The molecule has 0 saturated carbocycles. The Morgan fingerprint density at radius 2 is 2.41 bits per heavy atom. The molecular formula is C11H17N3O3. The van der Waals surface area contributed by atoms with Crippen LogP contribution in [-0.2, 0) is 11.2 Å². The Hall–Kier alpha value is -1.53. The van der Waals surface area contributed by atoms with Crippen LogP contribution >= 0.6 is 0 Å². The third-order valence-electron chi connectivity index (χ3n) is 2.41. The van der Waals surface area contributed by atoms with Crippen LogP contribution in [0, 0.1) is 10.1 Å². The Morgan fingerprint density at radius 1 is 1.65 bits per heavy atom. The van der Waals surface area contributed by atoms with Gasteiger partial charge in [0.2, 0.25) is 0 Å². The van der Waals surface area contributed by atoms with E-state index in [1.165, 1.54) is 6.20 Å². The van der Waals surface area contributed by atoms with Crippen LogP contribution in [0.3, 0.4) is 0 Å².